The van der Waals surface area contributed by atoms with Crippen LogP contribution in [0.15, 0.2) is 48.7 Å². The summed E-state index contributed by atoms with van der Waals surface area (Å²) in [6, 6.07) is 8.58. The van der Waals surface area contributed by atoms with E-state index in [-0.39, 0.29) is 28.0 Å². The van der Waals surface area contributed by atoms with Gasteiger partial charge in [0.25, 0.3) is 5.91 Å². The lowest BCUT2D eigenvalue weighted by Gasteiger charge is -2.15. The third-order valence-electron chi connectivity index (χ3n) is 5.44. The van der Waals surface area contributed by atoms with Gasteiger partial charge in [-0.15, -0.1) is 10.2 Å². The van der Waals surface area contributed by atoms with Gasteiger partial charge in [-0.25, -0.2) is 8.78 Å². The molecule has 0 atom stereocenters. The van der Waals surface area contributed by atoms with Gasteiger partial charge < -0.3 is 5.32 Å². The van der Waals surface area contributed by atoms with Crippen LogP contribution in [-0.2, 0) is 13.0 Å². The zero-order valence-electron chi connectivity index (χ0n) is 18.4. The van der Waals surface area contributed by atoms with Crippen LogP contribution in [0.4, 0.5) is 17.6 Å². The molecular weight excluding hydrogens is 466 g/mol. The Labute approximate surface area is 195 Å². The van der Waals surface area contributed by atoms with Crippen LogP contribution in [-0.4, -0.2) is 42.0 Å². The number of alkyl halides is 2. The Kier molecular flexibility index (Phi) is 5.23. The highest BCUT2D eigenvalue weighted by molar-refractivity contribution is 5.94. The first-order valence-corrected chi connectivity index (χ1v) is 10.5. The monoisotopic (exact) mass is 483 g/mol. The van der Waals surface area contributed by atoms with Gasteiger partial charge in [-0.05, 0) is 37.3 Å². The summed E-state index contributed by atoms with van der Waals surface area (Å²) in [6.07, 6.45) is 1.49. The van der Waals surface area contributed by atoms with Gasteiger partial charge in [-0.1, -0.05) is 6.07 Å². The molecule has 0 radical (unpaired) electrons. The predicted molar refractivity (Wildman–Crippen MR) is 118 cm³/mol. The van der Waals surface area contributed by atoms with Crippen LogP contribution < -0.4 is 5.32 Å². The number of rotatable bonds is 5. The lowest BCUT2D eigenvalue weighted by atomic mass is 10.0. The predicted octanol–water partition coefficient (Wildman–Crippen LogP) is 3.85. The number of carbonyl (C=O) groups is 1. The minimum atomic E-state index is -3.90. The lowest BCUT2D eigenvalue weighted by molar-refractivity contribution is 0.0270. The molecule has 0 bridgehead atoms. The highest BCUT2D eigenvalue weighted by Crippen LogP contribution is 2.37. The van der Waals surface area contributed by atoms with Crippen molar-refractivity contribution in [1.82, 2.24) is 34.9 Å². The van der Waals surface area contributed by atoms with Crippen molar-refractivity contribution >= 4 is 22.5 Å². The number of benzene rings is 2. The summed E-state index contributed by atoms with van der Waals surface area (Å²) in [4.78, 5) is 11.9. The van der Waals surface area contributed by atoms with E-state index in [2.05, 4.69) is 25.7 Å². The molecular formula is C23H17F4N7O. The van der Waals surface area contributed by atoms with E-state index in [0.717, 1.165) is 22.7 Å². The van der Waals surface area contributed by atoms with Crippen molar-refractivity contribution in [3.8, 4) is 11.3 Å². The van der Waals surface area contributed by atoms with Crippen molar-refractivity contribution < 1.29 is 22.4 Å². The zero-order valence-corrected chi connectivity index (χ0v) is 18.4. The SMILES string of the molecule is CCNC(=O)c1ccc(-c2ccc3nnc(C(F)(F)c4cc5cn(C)nc5cc4F)n3n2)cc1F. The maximum Gasteiger partial charge on any atom is 0.336 e. The van der Waals surface area contributed by atoms with Gasteiger partial charge >= 0.3 is 5.92 Å². The van der Waals surface area contributed by atoms with Gasteiger partial charge in [0.2, 0.25) is 5.82 Å². The van der Waals surface area contributed by atoms with Crippen molar-refractivity contribution in [2.24, 2.45) is 7.05 Å². The van der Waals surface area contributed by atoms with Gasteiger partial charge in [0.1, 0.15) is 11.6 Å². The second-order valence-corrected chi connectivity index (χ2v) is 7.83. The van der Waals surface area contributed by atoms with Crippen LogP contribution in [0.5, 0.6) is 0 Å². The summed E-state index contributed by atoms with van der Waals surface area (Å²) in [5.74, 6) is -7.33. The van der Waals surface area contributed by atoms with E-state index in [1.165, 1.54) is 35.1 Å². The van der Waals surface area contributed by atoms with Gasteiger partial charge in [0.15, 0.2) is 5.65 Å². The molecule has 5 rings (SSSR count). The van der Waals surface area contributed by atoms with Gasteiger partial charge in [0.05, 0.1) is 22.3 Å². The van der Waals surface area contributed by atoms with Crippen molar-refractivity contribution in [2.45, 2.75) is 12.8 Å². The molecule has 8 nitrogen and oxygen atoms in total. The molecule has 3 aromatic heterocycles. The Balaban J connectivity index is 1.59. The zero-order chi connectivity index (χ0) is 24.9. The molecule has 0 saturated heterocycles. The van der Waals surface area contributed by atoms with Crippen LogP contribution in [0.25, 0.3) is 27.8 Å². The van der Waals surface area contributed by atoms with Crippen molar-refractivity contribution in [2.75, 3.05) is 6.54 Å². The molecule has 0 spiro atoms. The van der Waals surface area contributed by atoms with Crippen LogP contribution in [0, 0.1) is 11.6 Å². The van der Waals surface area contributed by atoms with Crippen molar-refractivity contribution in [3.63, 3.8) is 0 Å². The molecule has 0 aliphatic carbocycles. The average molecular weight is 483 g/mol. The largest absolute Gasteiger partial charge is 0.352 e. The van der Waals surface area contributed by atoms with E-state index in [1.807, 2.05) is 0 Å². The van der Waals surface area contributed by atoms with Crippen LogP contribution in [0.1, 0.15) is 28.7 Å². The van der Waals surface area contributed by atoms with Crippen LogP contribution >= 0.6 is 0 Å². The number of aryl methyl sites for hydroxylation is 1. The number of halogens is 4. The van der Waals surface area contributed by atoms with Crippen molar-refractivity contribution in [1.29, 1.82) is 0 Å². The van der Waals surface area contributed by atoms with E-state index < -0.39 is 34.9 Å². The Bertz CT molecular complexity index is 1610. The number of nitrogens with one attached hydrogen (secondary N) is 1. The minimum Gasteiger partial charge on any atom is -0.352 e. The summed E-state index contributed by atoms with van der Waals surface area (Å²) < 4.78 is 62.5. The first kappa shape index (κ1) is 22.4. The first-order valence-electron chi connectivity index (χ1n) is 10.5. The maximum absolute atomic E-state index is 15.5. The minimum absolute atomic E-state index is 0.00861. The fourth-order valence-electron chi connectivity index (χ4n) is 3.78. The Morgan fingerprint density at radius 3 is 2.57 bits per heavy atom. The van der Waals surface area contributed by atoms with E-state index in [4.69, 9.17) is 0 Å². The number of hydrogen-bond donors (Lipinski definition) is 1. The topological polar surface area (TPSA) is 90.0 Å². The molecule has 12 heteroatoms. The Morgan fingerprint density at radius 1 is 1.03 bits per heavy atom. The second-order valence-electron chi connectivity index (χ2n) is 7.83. The molecule has 35 heavy (non-hydrogen) atoms. The molecule has 178 valence electrons. The molecule has 0 aliphatic heterocycles. The fourth-order valence-corrected chi connectivity index (χ4v) is 3.78. The van der Waals surface area contributed by atoms with Gasteiger partial charge in [-0.3, -0.25) is 9.48 Å². The lowest BCUT2D eigenvalue weighted by Crippen LogP contribution is -2.23. The molecule has 0 fully saturated rings. The molecule has 0 aliphatic rings. The Morgan fingerprint density at radius 2 is 1.83 bits per heavy atom. The normalized spacial score (nSPS) is 11.9. The quantitative estimate of drug-likeness (QED) is 0.384. The van der Waals surface area contributed by atoms with Gasteiger partial charge in [-0.2, -0.15) is 23.5 Å². The molecule has 0 unspecified atom stereocenters. The summed E-state index contributed by atoms with van der Waals surface area (Å²) >= 11 is 0. The number of hydrogen-bond acceptors (Lipinski definition) is 5. The molecule has 1 amide bonds. The third kappa shape index (κ3) is 3.76. The molecule has 0 saturated carbocycles. The van der Waals surface area contributed by atoms with E-state index >= 15 is 8.78 Å². The molecule has 5 aromatic rings. The fraction of sp³-hybridized carbons (Fsp3) is 0.174. The highest BCUT2D eigenvalue weighted by atomic mass is 19.3. The van der Waals surface area contributed by atoms with Crippen molar-refractivity contribution in [3.05, 3.63) is 77.2 Å². The maximum atomic E-state index is 15.5. The number of amides is 1. The number of aromatic nitrogens is 6. The summed E-state index contributed by atoms with van der Waals surface area (Å²) in [5, 5.41) is 18.3. The summed E-state index contributed by atoms with van der Waals surface area (Å²) in [5.41, 5.74) is -0.478. The molecule has 2 aromatic carbocycles. The molecule has 3 heterocycles. The number of carbonyl (C=O) groups excluding carboxylic acids is 1. The van der Waals surface area contributed by atoms with E-state index in [1.54, 1.807) is 14.0 Å². The van der Waals surface area contributed by atoms with E-state index in [9.17, 15) is 13.6 Å². The third-order valence-corrected chi connectivity index (χ3v) is 5.44. The van der Waals surface area contributed by atoms with Crippen LogP contribution in [0.3, 0.4) is 0 Å². The molecule has 1 N–H and O–H groups in total. The Hall–Kier alpha value is -4.35. The second kappa shape index (κ2) is 8.15. The van der Waals surface area contributed by atoms with Gasteiger partial charge in [0, 0.05) is 36.8 Å². The van der Waals surface area contributed by atoms with E-state index in [0.29, 0.717) is 11.9 Å². The number of fused-ring (bicyclic) bond motifs is 2. The average Bonchev–Trinajstić information content (AvgIpc) is 3.40. The smallest absolute Gasteiger partial charge is 0.336 e. The standard InChI is InChI=1S/C23H17F4N7O/c1-3-28-21(35)14-5-4-12(9-16(14)24)18-6-7-20-29-30-22(34(20)32-18)23(26,27)15-8-13-11-33(2)31-19(13)10-17(15)25/h4-11H,3H2,1-2H3,(H,28,35). The number of nitrogens with zero attached hydrogens (tertiary/aromatic N) is 6. The van der Waals surface area contributed by atoms with Crippen LogP contribution in [0.2, 0.25) is 0 Å². The summed E-state index contributed by atoms with van der Waals surface area (Å²) in [6.45, 7) is 2.04. The summed E-state index contributed by atoms with van der Waals surface area (Å²) in [7, 11) is 1.60. The first-order chi connectivity index (χ1) is 16.7. The highest BCUT2D eigenvalue weighted by Gasteiger charge is 2.42.